The molecule has 0 saturated heterocycles. The minimum Gasteiger partial charge on any atom is -0.486 e. The summed E-state index contributed by atoms with van der Waals surface area (Å²) >= 11 is 0. The molecule has 9 nitrogen and oxygen atoms in total. The van der Waals surface area contributed by atoms with Crippen LogP contribution in [0.15, 0.2) is 29.5 Å². The fraction of sp³-hybridized carbons (Fsp3) is 0.421. The van der Waals surface area contributed by atoms with Gasteiger partial charge < -0.3 is 29.6 Å². The normalized spacial score (nSPS) is 18.1. The number of ether oxygens (including phenoxy) is 4. The molecule has 0 fully saturated rings. The lowest BCUT2D eigenvalue weighted by molar-refractivity contribution is -0.139. The SMILES string of the molecule is CCOC(=O)C1=C(COC(=O)c2ccc3c(c2)OCCO3)NC(=O)N[C@H]1CC. The first-order valence-electron chi connectivity index (χ1n) is 9.07. The van der Waals surface area contributed by atoms with Gasteiger partial charge in [0.1, 0.15) is 19.8 Å². The predicted octanol–water partition coefficient (Wildman–Crippen LogP) is 1.52. The van der Waals surface area contributed by atoms with Gasteiger partial charge in [-0.3, -0.25) is 0 Å². The maximum absolute atomic E-state index is 12.4. The number of carbonyl (C=O) groups is 3. The van der Waals surface area contributed by atoms with Crippen molar-refractivity contribution in [3.8, 4) is 11.5 Å². The van der Waals surface area contributed by atoms with E-state index in [1.165, 1.54) is 6.07 Å². The number of urea groups is 1. The number of esters is 2. The highest BCUT2D eigenvalue weighted by atomic mass is 16.6. The smallest absolute Gasteiger partial charge is 0.338 e. The molecule has 0 spiro atoms. The summed E-state index contributed by atoms with van der Waals surface area (Å²) in [6.07, 6.45) is 0.487. The van der Waals surface area contributed by atoms with Crippen molar-refractivity contribution in [1.82, 2.24) is 10.6 Å². The molecule has 9 heteroatoms. The molecule has 0 saturated carbocycles. The minimum absolute atomic E-state index is 0.191. The van der Waals surface area contributed by atoms with Gasteiger partial charge in [-0.15, -0.1) is 0 Å². The first kappa shape index (κ1) is 19.5. The molecule has 0 radical (unpaired) electrons. The lowest BCUT2D eigenvalue weighted by Crippen LogP contribution is -2.51. The second-order valence-corrected chi connectivity index (χ2v) is 6.11. The maximum Gasteiger partial charge on any atom is 0.338 e. The van der Waals surface area contributed by atoms with Gasteiger partial charge >= 0.3 is 18.0 Å². The van der Waals surface area contributed by atoms with Crippen LogP contribution in [-0.2, 0) is 14.3 Å². The van der Waals surface area contributed by atoms with Gasteiger partial charge in [-0.25, -0.2) is 14.4 Å². The fourth-order valence-electron chi connectivity index (χ4n) is 2.97. The van der Waals surface area contributed by atoms with E-state index in [9.17, 15) is 14.4 Å². The van der Waals surface area contributed by atoms with E-state index in [0.717, 1.165) is 0 Å². The Morgan fingerprint density at radius 3 is 2.57 bits per heavy atom. The predicted molar refractivity (Wildman–Crippen MR) is 97.1 cm³/mol. The molecular weight excluding hydrogens is 368 g/mol. The number of nitrogens with one attached hydrogen (secondary N) is 2. The van der Waals surface area contributed by atoms with Crippen LogP contribution in [0.4, 0.5) is 4.79 Å². The molecule has 2 heterocycles. The summed E-state index contributed by atoms with van der Waals surface area (Å²) in [7, 11) is 0. The van der Waals surface area contributed by atoms with Crippen LogP contribution in [0.1, 0.15) is 30.6 Å². The highest BCUT2D eigenvalue weighted by Crippen LogP contribution is 2.31. The van der Waals surface area contributed by atoms with Crippen LogP contribution in [0.5, 0.6) is 11.5 Å². The Bertz CT molecular complexity index is 819. The Morgan fingerprint density at radius 2 is 1.86 bits per heavy atom. The van der Waals surface area contributed by atoms with Crippen LogP contribution >= 0.6 is 0 Å². The summed E-state index contributed by atoms with van der Waals surface area (Å²) in [4.78, 5) is 36.6. The standard InChI is InChI=1S/C19H22N2O7/c1-3-12-16(18(23)25-4-2)13(21-19(24)20-12)10-28-17(22)11-5-6-14-15(9-11)27-8-7-26-14/h5-6,9,12H,3-4,7-8,10H2,1-2H3,(H2,20,21,24)/t12-/m0/s1. The van der Waals surface area contributed by atoms with Crippen molar-refractivity contribution in [2.45, 2.75) is 26.3 Å². The molecule has 0 unspecified atom stereocenters. The summed E-state index contributed by atoms with van der Waals surface area (Å²) in [5, 5.41) is 5.19. The monoisotopic (exact) mass is 390 g/mol. The van der Waals surface area contributed by atoms with Gasteiger partial charge in [-0.1, -0.05) is 6.92 Å². The molecule has 28 heavy (non-hydrogen) atoms. The van der Waals surface area contributed by atoms with Crippen molar-refractivity contribution < 1.29 is 33.3 Å². The molecule has 150 valence electrons. The van der Waals surface area contributed by atoms with E-state index in [0.29, 0.717) is 31.1 Å². The van der Waals surface area contributed by atoms with Crippen LogP contribution in [-0.4, -0.2) is 50.4 Å². The number of carbonyl (C=O) groups excluding carboxylic acids is 3. The molecule has 3 rings (SSSR count). The van der Waals surface area contributed by atoms with Crippen molar-refractivity contribution in [2.75, 3.05) is 26.4 Å². The minimum atomic E-state index is -0.617. The van der Waals surface area contributed by atoms with Gasteiger partial charge in [0.15, 0.2) is 11.5 Å². The number of fused-ring (bicyclic) bond motifs is 1. The molecule has 0 bridgehead atoms. The van der Waals surface area contributed by atoms with Gasteiger partial charge in [0.05, 0.1) is 29.5 Å². The van der Waals surface area contributed by atoms with E-state index in [1.54, 1.807) is 19.1 Å². The van der Waals surface area contributed by atoms with Crippen LogP contribution in [0.25, 0.3) is 0 Å². The lowest BCUT2D eigenvalue weighted by atomic mass is 10.0. The Balaban J connectivity index is 1.77. The molecule has 2 aliphatic rings. The van der Waals surface area contributed by atoms with Gasteiger partial charge in [0.25, 0.3) is 0 Å². The fourth-order valence-corrected chi connectivity index (χ4v) is 2.97. The van der Waals surface area contributed by atoms with Gasteiger partial charge in [0.2, 0.25) is 0 Å². The van der Waals surface area contributed by atoms with Crippen molar-refractivity contribution in [2.24, 2.45) is 0 Å². The van der Waals surface area contributed by atoms with Crippen molar-refractivity contribution in [1.29, 1.82) is 0 Å². The molecule has 2 aliphatic heterocycles. The highest BCUT2D eigenvalue weighted by molar-refractivity contribution is 5.95. The Kier molecular flexibility index (Phi) is 6.03. The van der Waals surface area contributed by atoms with E-state index >= 15 is 0 Å². The number of rotatable bonds is 6. The van der Waals surface area contributed by atoms with Gasteiger partial charge in [-0.05, 0) is 31.5 Å². The van der Waals surface area contributed by atoms with Crippen molar-refractivity contribution >= 4 is 18.0 Å². The topological polar surface area (TPSA) is 112 Å². The van der Waals surface area contributed by atoms with Crippen LogP contribution in [0.2, 0.25) is 0 Å². The van der Waals surface area contributed by atoms with E-state index < -0.39 is 24.0 Å². The van der Waals surface area contributed by atoms with Crippen molar-refractivity contribution in [3.63, 3.8) is 0 Å². The molecule has 2 N–H and O–H groups in total. The maximum atomic E-state index is 12.4. The number of benzene rings is 1. The zero-order valence-corrected chi connectivity index (χ0v) is 15.7. The highest BCUT2D eigenvalue weighted by Gasteiger charge is 2.32. The summed E-state index contributed by atoms with van der Waals surface area (Å²) in [6.45, 7) is 4.29. The Hall–Kier alpha value is -3.23. The third-order valence-corrected chi connectivity index (χ3v) is 4.27. The zero-order chi connectivity index (χ0) is 20.1. The van der Waals surface area contributed by atoms with Crippen molar-refractivity contribution in [3.05, 3.63) is 35.0 Å². The first-order chi connectivity index (χ1) is 13.5. The molecule has 2 amide bonds. The molecule has 0 aliphatic carbocycles. The van der Waals surface area contributed by atoms with Gasteiger partial charge in [-0.2, -0.15) is 0 Å². The molecule has 1 aromatic carbocycles. The lowest BCUT2D eigenvalue weighted by Gasteiger charge is -2.28. The number of amides is 2. The van der Waals surface area contributed by atoms with E-state index in [1.807, 2.05) is 6.92 Å². The summed E-state index contributed by atoms with van der Waals surface area (Å²) in [5.74, 6) is -0.152. The average Bonchev–Trinajstić information content (AvgIpc) is 2.71. The molecule has 1 aromatic rings. The third kappa shape index (κ3) is 4.19. The zero-order valence-electron chi connectivity index (χ0n) is 15.7. The number of hydrogen-bond donors (Lipinski definition) is 2. The van der Waals surface area contributed by atoms with Gasteiger partial charge in [0, 0.05) is 0 Å². The van der Waals surface area contributed by atoms with E-state index in [4.69, 9.17) is 18.9 Å². The molecular formula is C19H22N2O7. The largest absolute Gasteiger partial charge is 0.486 e. The van der Waals surface area contributed by atoms with E-state index in [-0.39, 0.29) is 30.0 Å². The molecule has 1 atom stereocenters. The van der Waals surface area contributed by atoms with Crippen LogP contribution in [0.3, 0.4) is 0 Å². The third-order valence-electron chi connectivity index (χ3n) is 4.27. The number of hydrogen-bond acceptors (Lipinski definition) is 7. The summed E-state index contributed by atoms with van der Waals surface area (Å²) < 4.78 is 21.3. The van der Waals surface area contributed by atoms with Crippen LogP contribution < -0.4 is 20.1 Å². The van der Waals surface area contributed by atoms with Crippen LogP contribution in [0, 0.1) is 0 Å². The average molecular weight is 390 g/mol. The Labute approximate surface area is 162 Å². The first-order valence-corrected chi connectivity index (χ1v) is 9.07. The summed E-state index contributed by atoms with van der Waals surface area (Å²) in [6, 6.07) is 3.74. The summed E-state index contributed by atoms with van der Waals surface area (Å²) in [5.41, 5.74) is 0.730. The van der Waals surface area contributed by atoms with E-state index in [2.05, 4.69) is 10.6 Å². The Morgan fingerprint density at radius 1 is 1.11 bits per heavy atom. The second-order valence-electron chi connectivity index (χ2n) is 6.11. The second kappa shape index (κ2) is 8.64. The quantitative estimate of drug-likeness (QED) is 0.708. The molecule has 0 aromatic heterocycles.